The molecule has 1 aliphatic heterocycles. The quantitative estimate of drug-likeness (QED) is 0.840. The normalized spacial score (nSPS) is 24.1. The topological polar surface area (TPSA) is 35.2 Å². The maximum absolute atomic E-state index is 6.27. The van der Waals surface area contributed by atoms with Gasteiger partial charge in [-0.2, -0.15) is 0 Å². The molecule has 1 fully saturated rings. The Hall–Kier alpha value is -0.380. The predicted octanol–water partition coefficient (Wildman–Crippen LogP) is 2.93. The molecule has 15 heavy (non-hydrogen) atoms. The van der Waals surface area contributed by atoms with Gasteiger partial charge in [0.15, 0.2) is 0 Å². The molecule has 0 bridgehead atoms. The van der Waals surface area contributed by atoms with E-state index in [1.165, 1.54) is 28.2 Å². The molecule has 0 aliphatic carbocycles. The second-order valence-electron chi connectivity index (χ2n) is 4.34. The summed E-state index contributed by atoms with van der Waals surface area (Å²) >= 11 is 1.81. The Morgan fingerprint density at radius 3 is 2.80 bits per heavy atom. The number of ether oxygens (including phenoxy) is 1. The Balaban J connectivity index is 2.12. The van der Waals surface area contributed by atoms with Gasteiger partial charge in [0, 0.05) is 16.4 Å². The van der Waals surface area contributed by atoms with Crippen LogP contribution in [0.3, 0.4) is 0 Å². The molecule has 1 aliphatic rings. The Morgan fingerprint density at radius 2 is 2.27 bits per heavy atom. The molecule has 84 valence electrons. The van der Waals surface area contributed by atoms with Crippen LogP contribution in [0.4, 0.5) is 0 Å². The van der Waals surface area contributed by atoms with E-state index in [1.54, 1.807) is 0 Å². The van der Waals surface area contributed by atoms with E-state index < -0.39 is 0 Å². The Bertz CT molecular complexity index is 328. The summed E-state index contributed by atoms with van der Waals surface area (Å²) in [5.74, 6) is 0. The van der Waals surface area contributed by atoms with Gasteiger partial charge in [0.1, 0.15) is 0 Å². The van der Waals surface area contributed by atoms with Gasteiger partial charge in [0.2, 0.25) is 0 Å². The van der Waals surface area contributed by atoms with Crippen molar-refractivity contribution in [1.82, 2.24) is 0 Å². The molecule has 0 aromatic carbocycles. The van der Waals surface area contributed by atoms with Gasteiger partial charge < -0.3 is 10.5 Å². The largest absolute Gasteiger partial charge is 0.376 e. The van der Waals surface area contributed by atoms with Gasteiger partial charge in [0.05, 0.1) is 12.1 Å². The first kappa shape index (κ1) is 11.1. The van der Waals surface area contributed by atoms with Crippen molar-refractivity contribution < 1.29 is 4.74 Å². The summed E-state index contributed by atoms with van der Waals surface area (Å²) in [6, 6.07) is 2.28. The van der Waals surface area contributed by atoms with Gasteiger partial charge in [-0.15, -0.1) is 11.3 Å². The summed E-state index contributed by atoms with van der Waals surface area (Å²) in [6.07, 6.45) is 3.78. The number of thiophene rings is 1. The molecule has 2 heterocycles. The third-order valence-corrected chi connectivity index (χ3v) is 4.25. The van der Waals surface area contributed by atoms with E-state index in [2.05, 4.69) is 19.9 Å². The number of hydrogen-bond donors (Lipinski definition) is 1. The summed E-state index contributed by atoms with van der Waals surface area (Å²) in [5, 5.41) is 0. The molecule has 0 spiro atoms. The first-order valence-electron chi connectivity index (χ1n) is 5.62. The van der Waals surface area contributed by atoms with Crippen LogP contribution in [0, 0.1) is 13.8 Å². The molecule has 0 radical (unpaired) electrons. The van der Waals surface area contributed by atoms with Gasteiger partial charge >= 0.3 is 0 Å². The van der Waals surface area contributed by atoms with Crippen LogP contribution >= 0.6 is 11.3 Å². The van der Waals surface area contributed by atoms with Crippen molar-refractivity contribution in [2.75, 3.05) is 6.61 Å². The van der Waals surface area contributed by atoms with Crippen molar-refractivity contribution in [2.24, 2.45) is 5.73 Å². The van der Waals surface area contributed by atoms with Crippen molar-refractivity contribution >= 4 is 11.3 Å². The zero-order valence-electron chi connectivity index (χ0n) is 9.45. The molecule has 1 aromatic rings. The maximum Gasteiger partial charge on any atom is 0.0775 e. The fourth-order valence-electron chi connectivity index (χ4n) is 2.21. The lowest BCUT2D eigenvalue weighted by atomic mass is 10.00. The fraction of sp³-hybridized carbons (Fsp3) is 0.667. The second kappa shape index (κ2) is 4.64. The molecule has 2 atom stereocenters. The predicted molar refractivity (Wildman–Crippen MR) is 64.3 cm³/mol. The van der Waals surface area contributed by atoms with E-state index in [4.69, 9.17) is 10.5 Å². The monoisotopic (exact) mass is 225 g/mol. The Morgan fingerprint density at radius 1 is 1.47 bits per heavy atom. The minimum atomic E-state index is 0.0731. The van der Waals surface area contributed by atoms with E-state index in [0.717, 1.165) is 13.0 Å². The molecule has 1 aromatic heterocycles. The van der Waals surface area contributed by atoms with Crippen molar-refractivity contribution in [3.05, 3.63) is 21.4 Å². The highest BCUT2D eigenvalue weighted by Gasteiger charge is 2.24. The lowest BCUT2D eigenvalue weighted by molar-refractivity contribution is 0.000567. The summed E-state index contributed by atoms with van der Waals surface area (Å²) < 4.78 is 5.74. The second-order valence-corrected chi connectivity index (χ2v) is 5.62. The highest BCUT2D eigenvalue weighted by molar-refractivity contribution is 7.12. The van der Waals surface area contributed by atoms with Crippen molar-refractivity contribution in [1.29, 1.82) is 0 Å². The first-order valence-corrected chi connectivity index (χ1v) is 6.44. The SMILES string of the molecule is Cc1cc(C)c(C(N)C2CCCCO2)s1. The van der Waals surface area contributed by atoms with Crippen LogP contribution in [-0.2, 0) is 4.74 Å². The number of nitrogens with two attached hydrogens (primary N) is 1. The number of hydrogen-bond acceptors (Lipinski definition) is 3. The van der Waals surface area contributed by atoms with Crippen LogP contribution < -0.4 is 5.73 Å². The van der Waals surface area contributed by atoms with Crippen LogP contribution in [0.15, 0.2) is 6.07 Å². The first-order chi connectivity index (χ1) is 7.18. The van der Waals surface area contributed by atoms with E-state index in [1.807, 2.05) is 11.3 Å². The van der Waals surface area contributed by atoms with Gasteiger partial charge in [-0.25, -0.2) is 0 Å². The fourth-order valence-corrected chi connectivity index (χ4v) is 3.30. The molecule has 2 unspecified atom stereocenters. The highest BCUT2D eigenvalue weighted by atomic mass is 32.1. The molecule has 0 saturated carbocycles. The van der Waals surface area contributed by atoms with E-state index in [0.29, 0.717) is 0 Å². The third kappa shape index (κ3) is 2.41. The molecule has 2 nitrogen and oxygen atoms in total. The van der Waals surface area contributed by atoms with Crippen molar-refractivity contribution in [3.8, 4) is 0 Å². The molecule has 0 amide bonds. The standard InChI is InChI=1S/C12H19NOS/c1-8-7-9(2)15-12(8)11(13)10-5-3-4-6-14-10/h7,10-11H,3-6,13H2,1-2H3. The van der Waals surface area contributed by atoms with Gasteiger partial charge in [0.25, 0.3) is 0 Å². The molecular formula is C12H19NOS. The summed E-state index contributed by atoms with van der Waals surface area (Å²) in [7, 11) is 0. The van der Waals surface area contributed by atoms with Crippen LogP contribution in [-0.4, -0.2) is 12.7 Å². The van der Waals surface area contributed by atoms with E-state index in [9.17, 15) is 0 Å². The summed E-state index contributed by atoms with van der Waals surface area (Å²) in [4.78, 5) is 2.65. The minimum Gasteiger partial charge on any atom is -0.376 e. The van der Waals surface area contributed by atoms with Gasteiger partial charge in [-0.3, -0.25) is 0 Å². The number of rotatable bonds is 2. The lowest BCUT2D eigenvalue weighted by Gasteiger charge is -2.27. The zero-order valence-corrected chi connectivity index (χ0v) is 10.3. The Kier molecular flexibility index (Phi) is 3.44. The average molecular weight is 225 g/mol. The molecule has 2 rings (SSSR count). The smallest absolute Gasteiger partial charge is 0.0775 e. The summed E-state index contributed by atoms with van der Waals surface area (Å²) in [6.45, 7) is 5.15. The van der Waals surface area contributed by atoms with Gasteiger partial charge in [-0.1, -0.05) is 0 Å². The van der Waals surface area contributed by atoms with Gasteiger partial charge in [-0.05, 0) is 44.7 Å². The molecule has 1 saturated heterocycles. The minimum absolute atomic E-state index is 0.0731. The van der Waals surface area contributed by atoms with Crippen LogP contribution in [0.2, 0.25) is 0 Å². The highest BCUT2D eigenvalue weighted by Crippen LogP contribution is 2.31. The third-order valence-electron chi connectivity index (χ3n) is 3.00. The van der Waals surface area contributed by atoms with Crippen LogP contribution in [0.5, 0.6) is 0 Å². The molecule has 2 N–H and O–H groups in total. The maximum atomic E-state index is 6.27. The summed E-state index contributed by atoms with van der Waals surface area (Å²) in [5.41, 5.74) is 7.59. The van der Waals surface area contributed by atoms with E-state index >= 15 is 0 Å². The Labute approximate surface area is 95.4 Å². The van der Waals surface area contributed by atoms with E-state index in [-0.39, 0.29) is 12.1 Å². The van der Waals surface area contributed by atoms with Crippen LogP contribution in [0.1, 0.15) is 40.6 Å². The number of aryl methyl sites for hydroxylation is 2. The van der Waals surface area contributed by atoms with Crippen LogP contribution in [0.25, 0.3) is 0 Å². The lowest BCUT2D eigenvalue weighted by Crippen LogP contribution is -2.31. The molecular weight excluding hydrogens is 206 g/mol. The molecule has 3 heteroatoms. The van der Waals surface area contributed by atoms with Crippen molar-refractivity contribution in [3.63, 3.8) is 0 Å². The van der Waals surface area contributed by atoms with Crippen molar-refractivity contribution in [2.45, 2.75) is 45.3 Å². The average Bonchev–Trinajstić information content (AvgIpc) is 2.58. The zero-order chi connectivity index (χ0) is 10.8.